The van der Waals surface area contributed by atoms with E-state index in [1.807, 2.05) is 6.92 Å². The van der Waals surface area contributed by atoms with Crippen LogP contribution in [0.1, 0.15) is 45.4 Å². The lowest BCUT2D eigenvalue weighted by Crippen LogP contribution is -2.50. The maximum Gasteiger partial charge on any atom is 0.308 e. The van der Waals surface area contributed by atoms with Crippen molar-refractivity contribution < 1.29 is 14.3 Å². The minimum Gasteiger partial charge on any atom is -0.466 e. The van der Waals surface area contributed by atoms with Gasteiger partial charge in [0.2, 0.25) is 0 Å². The van der Waals surface area contributed by atoms with Crippen molar-refractivity contribution in [1.29, 1.82) is 0 Å². The number of carbonyl (C=O) groups is 1. The number of hydrogen-bond acceptors (Lipinski definition) is 4. The molecule has 2 aliphatic rings. The lowest BCUT2D eigenvalue weighted by atomic mass is 9.83. The summed E-state index contributed by atoms with van der Waals surface area (Å²) in [6, 6.07) is 1.21. The van der Waals surface area contributed by atoms with Crippen LogP contribution in [-0.2, 0) is 14.3 Å². The molecule has 4 heteroatoms. The van der Waals surface area contributed by atoms with E-state index in [-0.39, 0.29) is 11.9 Å². The summed E-state index contributed by atoms with van der Waals surface area (Å²) in [7, 11) is 1.78. The van der Waals surface area contributed by atoms with Crippen LogP contribution in [0.2, 0.25) is 0 Å². The van der Waals surface area contributed by atoms with Gasteiger partial charge in [-0.15, -0.1) is 0 Å². The molecule has 0 heterocycles. The molecule has 0 saturated heterocycles. The highest BCUT2D eigenvalue weighted by Crippen LogP contribution is 2.29. The van der Waals surface area contributed by atoms with Gasteiger partial charge in [-0.25, -0.2) is 0 Å². The van der Waals surface area contributed by atoms with E-state index < -0.39 is 0 Å². The Bertz CT molecular complexity index is 268. The molecule has 0 amide bonds. The molecule has 2 aliphatic carbocycles. The van der Waals surface area contributed by atoms with Crippen LogP contribution in [-0.4, -0.2) is 37.9 Å². The summed E-state index contributed by atoms with van der Waals surface area (Å²) in [5, 5.41) is 3.68. The van der Waals surface area contributed by atoms with Crippen LogP contribution in [0.3, 0.4) is 0 Å². The first-order valence-corrected chi connectivity index (χ1v) is 7.18. The van der Waals surface area contributed by atoms with Crippen molar-refractivity contribution in [2.24, 2.45) is 5.92 Å². The Balaban J connectivity index is 1.63. The Morgan fingerprint density at radius 1 is 1.17 bits per heavy atom. The second kappa shape index (κ2) is 6.53. The van der Waals surface area contributed by atoms with E-state index in [0.29, 0.717) is 24.8 Å². The van der Waals surface area contributed by atoms with Crippen molar-refractivity contribution >= 4 is 5.97 Å². The molecule has 1 N–H and O–H groups in total. The summed E-state index contributed by atoms with van der Waals surface area (Å²) < 4.78 is 10.4. The van der Waals surface area contributed by atoms with Gasteiger partial charge >= 0.3 is 5.97 Å². The number of ether oxygens (including phenoxy) is 2. The Labute approximate surface area is 109 Å². The number of carbonyl (C=O) groups excluding carboxylic acids is 1. The summed E-state index contributed by atoms with van der Waals surface area (Å²) in [5.74, 6) is 0.134. The maximum atomic E-state index is 11.6. The summed E-state index contributed by atoms with van der Waals surface area (Å²) in [6.45, 7) is 2.37. The van der Waals surface area contributed by atoms with Crippen molar-refractivity contribution in [1.82, 2.24) is 5.32 Å². The smallest absolute Gasteiger partial charge is 0.308 e. The van der Waals surface area contributed by atoms with Crippen molar-refractivity contribution in [3.8, 4) is 0 Å². The lowest BCUT2D eigenvalue weighted by Gasteiger charge is -2.39. The second-order valence-electron chi connectivity index (χ2n) is 5.49. The third kappa shape index (κ3) is 3.45. The molecular formula is C14H25NO3. The maximum absolute atomic E-state index is 11.6. The standard InChI is InChI=1S/C14H25NO3/c1-3-18-14(16)10-4-6-11(7-5-10)15-12-8-13(9-12)17-2/h10-13,15H,3-9H2,1-2H3. The number of esters is 1. The Hall–Kier alpha value is -0.610. The molecule has 0 aromatic heterocycles. The topological polar surface area (TPSA) is 47.6 Å². The fourth-order valence-corrected chi connectivity index (χ4v) is 2.98. The highest BCUT2D eigenvalue weighted by molar-refractivity contribution is 5.72. The Morgan fingerprint density at radius 3 is 2.39 bits per heavy atom. The van der Waals surface area contributed by atoms with Crippen LogP contribution in [0, 0.1) is 5.92 Å². The lowest BCUT2D eigenvalue weighted by molar-refractivity contribution is -0.149. The van der Waals surface area contributed by atoms with Gasteiger partial charge in [0.15, 0.2) is 0 Å². The molecule has 0 spiro atoms. The van der Waals surface area contributed by atoms with Gasteiger partial charge in [0.1, 0.15) is 0 Å². The number of nitrogens with one attached hydrogen (secondary N) is 1. The SMILES string of the molecule is CCOC(=O)C1CCC(NC2CC(OC)C2)CC1. The molecule has 0 aromatic carbocycles. The van der Waals surface area contributed by atoms with Crippen LogP contribution < -0.4 is 5.32 Å². The summed E-state index contributed by atoms with van der Waals surface area (Å²) in [4.78, 5) is 11.6. The number of rotatable bonds is 5. The number of methoxy groups -OCH3 is 1. The molecule has 18 heavy (non-hydrogen) atoms. The minimum absolute atomic E-state index is 0.000888. The zero-order valence-electron chi connectivity index (χ0n) is 11.5. The molecule has 104 valence electrons. The van der Waals surface area contributed by atoms with Crippen LogP contribution in [0.25, 0.3) is 0 Å². The van der Waals surface area contributed by atoms with Crippen LogP contribution in [0.5, 0.6) is 0 Å². The van der Waals surface area contributed by atoms with E-state index in [1.54, 1.807) is 7.11 Å². The van der Waals surface area contributed by atoms with Crippen molar-refractivity contribution in [3.05, 3.63) is 0 Å². The average molecular weight is 255 g/mol. The summed E-state index contributed by atoms with van der Waals surface area (Å²) >= 11 is 0. The zero-order chi connectivity index (χ0) is 13.0. The Morgan fingerprint density at radius 2 is 1.83 bits per heavy atom. The van der Waals surface area contributed by atoms with Crippen molar-refractivity contribution in [2.45, 2.75) is 63.6 Å². The predicted molar refractivity (Wildman–Crippen MR) is 69.3 cm³/mol. The van der Waals surface area contributed by atoms with Crippen molar-refractivity contribution in [3.63, 3.8) is 0 Å². The molecule has 0 unspecified atom stereocenters. The normalized spacial score (nSPS) is 35.9. The van der Waals surface area contributed by atoms with E-state index in [4.69, 9.17) is 9.47 Å². The predicted octanol–water partition coefficient (Wildman–Crippen LogP) is 1.88. The third-order valence-corrected chi connectivity index (χ3v) is 4.25. The fourth-order valence-electron chi connectivity index (χ4n) is 2.98. The molecular weight excluding hydrogens is 230 g/mol. The highest BCUT2D eigenvalue weighted by atomic mass is 16.5. The molecule has 2 fully saturated rings. The monoisotopic (exact) mass is 255 g/mol. The second-order valence-corrected chi connectivity index (χ2v) is 5.49. The quantitative estimate of drug-likeness (QED) is 0.762. The average Bonchev–Trinajstić information content (AvgIpc) is 2.34. The zero-order valence-corrected chi connectivity index (χ0v) is 11.5. The van der Waals surface area contributed by atoms with E-state index in [9.17, 15) is 4.79 Å². The van der Waals surface area contributed by atoms with Crippen LogP contribution in [0.4, 0.5) is 0 Å². The summed E-state index contributed by atoms with van der Waals surface area (Å²) in [5.41, 5.74) is 0. The van der Waals surface area contributed by atoms with Crippen LogP contribution in [0.15, 0.2) is 0 Å². The van der Waals surface area contributed by atoms with E-state index in [2.05, 4.69) is 5.32 Å². The van der Waals surface area contributed by atoms with Gasteiger partial charge in [-0.3, -0.25) is 4.79 Å². The molecule has 2 saturated carbocycles. The van der Waals surface area contributed by atoms with Crippen LogP contribution >= 0.6 is 0 Å². The molecule has 0 aromatic rings. The Kier molecular flexibility index (Phi) is 5.01. The van der Waals surface area contributed by atoms with Gasteiger partial charge in [0.05, 0.1) is 18.6 Å². The van der Waals surface area contributed by atoms with Crippen molar-refractivity contribution in [2.75, 3.05) is 13.7 Å². The van der Waals surface area contributed by atoms with Gasteiger partial charge in [-0.2, -0.15) is 0 Å². The largest absolute Gasteiger partial charge is 0.466 e. The fraction of sp³-hybridized carbons (Fsp3) is 0.929. The summed E-state index contributed by atoms with van der Waals surface area (Å²) in [6.07, 6.45) is 6.85. The van der Waals surface area contributed by atoms with Gasteiger partial charge < -0.3 is 14.8 Å². The molecule has 0 bridgehead atoms. The van der Waals surface area contributed by atoms with E-state index in [1.165, 1.54) is 0 Å². The molecule has 0 atom stereocenters. The minimum atomic E-state index is -0.000888. The van der Waals surface area contributed by atoms with E-state index in [0.717, 1.165) is 38.5 Å². The molecule has 0 radical (unpaired) electrons. The van der Waals surface area contributed by atoms with Gasteiger partial charge in [0.25, 0.3) is 0 Å². The highest BCUT2D eigenvalue weighted by Gasteiger charge is 2.33. The van der Waals surface area contributed by atoms with Gasteiger partial charge in [-0.05, 0) is 45.4 Å². The first kappa shape index (κ1) is 13.8. The molecule has 2 rings (SSSR count). The first-order chi connectivity index (χ1) is 8.72. The third-order valence-electron chi connectivity index (χ3n) is 4.25. The molecule has 4 nitrogen and oxygen atoms in total. The van der Waals surface area contributed by atoms with Gasteiger partial charge in [0, 0.05) is 19.2 Å². The van der Waals surface area contributed by atoms with E-state index >= 15 is 0 Å². The van der Waals surface area contributed by atoms with Gasteiger partial charge in [-0.1, -0.05) is 0 Å². The molecule has 0 aliphatic heterocycles. The number of hydrogen-bond donors (Lipinski definition) is 1. The first-order valence-electron chi connectivity index (χ1n) is 7.18.